The first-order chi connectivity index (χ1) is 46.7. The SMILES string of the molecule is c1ccc(-c2ccccc2-c2c3ccccc3c(-c3ccc4oc5c(-c6ccc(-c7ccc(-c8c9ccccc9c(-c9cc%10c(cc9-c9ccccc9)oc9ccccc9%10)c9ccccc89)c(-c8ccccc8)c7)c7ccccc67)cccc5c4c3)c3ccccc23)cc1. The van der Waals surface area contributed by atoms with E-state index in [-0.39, 0.29) is 0 Å². The molecule has 2 heteroatoms. The van der Waals surface area contributed by atoms with E-state index in [1.54, 1.807) is 0 Å². The van der Waals surface area contributed by atoms with E-state index in [4.69, 9.17) is 8.83 Å². The molecule has 0 fully saturated rings. The van der Waals surface area contributed by atoms with Crippen molar-refractivity contribution in [2.45, 2.75) is 0 Å². The van der Waals surface area contributed by atoms with Crippen molar-refractivity contribution in [2.24, 2.45) is 0 Å². The first-order valence-corrected chi connectivity index (χ1v) is 32.4. The van der Waals surface area contributed by atoms with Crippen molar-refractivity contribution in [1.82, 2.24) is 0 Å². The van der Waals surface area contributed by atoms with Crippen LogP contribution in [-0.2, 0) is 0 Å². The molecule has 2 heterocycles. The number of hydrogen-bond acceptors (Lipinski definition) is 2. The molecule has 17 aromatic carbocycles. The number of rotatable bonds is 9. The molecule has 0 N–H and O–H groups in total. The summed E-state index contributed by atoms with van der Waals surface area (Å²) in [4.78, 5) is 0. The molecule has 2 aromatic heterocycles. The first-order valence-electron chi connectivity index (χ1n) is 32.4. The number of hydrogen-bond donors (Lipinski definition) is 0. The van der Waals surface area contributed by atoms with Gasteiger partial charge in [0.25, 0.3) is 0 Å². The van der Waals surface area contributed by atoms with Crippen LogP contribution in [0.15, 0.2) is 349 Å². The van der Waals surface area contributed by atoms with E-state index in [1.165, 1.54) is 110 Å². The second-order valence-corrected chi connectivity index (χ2v) is 24.8. The van der Waals surface area contributed by atoms with Gasteiger partial charge in [-0.25, -0.2) is 0 Å². The summed E-state index contributed by atoms with van der Waals surface area (Å²) >= 11 is 0. The van der Waals surface area contributed by atoms with Crippen molar-refractivity contribution in [2.75, 3.05) is 0 Å². The zero-order valence-electron chi connectivity index (χ0n) is 51.1. The van der Waals surface area contributed by atoms with Crippen molar-refractivity contribution < 1.29 is 8.83 Å². The van der Waals surface area contributed by atoms with E-state index in [2.05, 4.69) is 334 Å². The third kappa shape index (κ3) is 8.43. The van der Waals surface area contributed by atoms with Gasteiger partial charge in [-0.1, -0.05) is 303 Å². The standard InChI is InChI=1S/C92H56O2/c1-4-25-57(26-5-1)62-31-10-13-35-68(62)89-71-38-16-14-36-69(71)88(70-37-15-17-39-72(70)89)61-48-52-86-82(54-61)79-45-24-44-78(92(79)94-86)66-51-50-63(64-32-11-12-33-65(64)66)60-47-49-77(80(53-60)58-27-6-2-7-28-58)90-73-40-18-20-42-75(73)91(76-43-21-19-41-74(76)90)84-55-83-67-34-22-23-46-85(67)93-87(83)56-81(84)59-29-8-3-9-30-59/h1-56H. The topological polar surface area (TPSA) is 26.3 Å². The van der Waals surface area contributed by atoms with Crippen LogP contribution >= 0.6 is 0 Å². The van der Waals surface area contributed by atoms with Crippen molar-refractivity contribution in [3.8, 4) is 100 Å². The minimum absolute atomic E-state index is 0.860. The van der Waals surface area contributed by atoms with Crippen LogP contribution in [0.2, 0.25) is 0 Å². The quantitative estimate of drug-likeness (QED) is 0.135. The minimum Gasteiger partial charge on any atom is -0.456 e. The summed E-state index contributed by atoms with van der Waals surface area (Å²) < 4.78 is 13.6. The fraction of sp³-hybridized carbons (Fsp3) is 0. The van der Waals surface area contributed by atoms with Crippen LogP contribution < -0.4 is 0 Å². The molecule has 2 nitrogen and oxygen atoms in total. The van der Waals surface area contributed by atoms with Gasteiger partial charge in [0, 0.05) is 27.1 Å². The molecule has 0 bridgehead atoms. The Hall–Kier alpha value is -12.4. The first kappa shape index (κ1) is 53.5. The van der Waals surface area contributed by atoms with Gasteiger partial charge in [0.1, 0.15) is 22.3 Å². The van der Waals surface area contributed by atoms with Crippen molar-refractivity contribution >= 4 is 97.7 Å². The summed E-state index contributed by atoms with van der Waals surface area (Å²) in [7, 11) is 0. The van der Waals surface area contributed by atoms with E-state index in [0.717, 1.165) is 88.2 Å². The highest BCUT2D eigenvalue weighted by atomic mass is 16.3. The van der Waals surface area contributed by atoms with Gasteiger partial charge in [-0.3, -0.25) is 0 Å². The molecular weight excluding hydrogens is 1140 g/mol. The molecule has 0 aliphatic rings. The minimum atomic E-state index is 0.860. The second kappa shape index (κ2) is 21.7. The lowest BCUT2D eigenvalue weighted by Gasteiger charge is -2.22. The summed E-state index contributed by atoms with van der Waals surface area (Å²) in [6.45, 7) is 0. The summed E-state index contributed by atoms with van der Waals surface area (Å²) in [5.74, 6) is 0. The normalized spacial score (nSPS) is 11.8. The molecule has 0 aliphatic heterocycles. The molecule has 0 spiro atoms. The Bertz CT molecular complexity index is 6150. The van der Waals surface area contributed by atoms with Gasteiger partial charge in [0.15, 0.2) is 0 Å². The van der Waals surface area contributed by atoms with Crippen molar-refractivity contribution in [1.29, 1.82) is 0 Å². The maximum Gasteiger partial charge on any atom is 0.143 e. The summed E-state index contributed by atoms with van der Waals surface area (Å²) in [5.41, 5.74) is 24.6. The van der Waals surface area contributed by atoms with E-state index in [9.17, 15) is 0 Å². The molecular formula is C92H56O2. The number of benzene rings is 17. The molecule has 19 aromatic rings. The Kier molecular flexibility index (Phi) is 12.3. The lowest BCUT2D eigenvalue weighted by Crippen LogP contribution is -1.95. The van der Waals surface area contributed by atoms with Gasteiger partial charge < -0.3 is 8.83 Å². The largest absolute Gasteiger partial charge is 0.456 e. The van der Waals surface area contributed by atoms with Crippen LogP contribution in [-0.4, -0.2) is 0 Å². The van der Waals surface area contributed by atoms with Crippen LogP contribution in [0.25, 0.3) is 198 Å². The van der Waals surface area contributed by atoms with Crippen molar-refractivity contribution in [3.63, 3.8) is 0 Å². The third-order valence-corrected chi connectivity index (χ3v) is 19.7. The Morgan fingerprint density at radius 2 is 0.521 bits per heavy atom. The smallest absolute Gasteiger partial charge is 0.143 e. The van der Waals surface area contributed by atoms with Gasteiger partial charge in [-0.15, -0.1) is 0 Å². The molecule has 19 rings (SSSR count). The molecule has 0 saturated heterocycles. The highest BCUT2D eigenvalue weighted by molar-refractivity contribution is 6.26. The maximum absolute atomic E-state index is 7.06. The number of para-hydroxylation sites is 2. The zero-order chi connectivity index (χ0) is 61.8. The molecule has 94 heavy (non-hydrogen) atoms. The van der Waals surface area contributed by atoms with E-state index < -0.39 is 0 Å². The fourth-order valence-corrected chi connectivity index (χ4v) is 15.6. The average Bonchev–Trinajstić information content (AvgIpc) is 0.970. The van der Waals surface area contributed by atoms with Crippen LogP contribution in [0, 0.1) is 0 Å². The fourth-order valence-electron chi connectivity index (χ4n) is 15.6. The summed E-state index contributed by atoms with van der Waals surface area (Å²) in [5, 5.41) is 16.4. The molecule has 0 atom stereocenters. The Morgan fingerprint density at radius 3 is 1.11 bits per heavy atom. The lowest BCUT2D eigenvalue weighted by atomic mass is 9.81. The van der Waals surface area contributed by atoms with Crippen LogP contribution in [0.4, 0.5) is 0 Å². The molecule has 436 valence electrons. The van der Waals surface area contributed by atoms with Crippen LogP contribution in [0.1, 0.15) is 0 Å². The summed E-state index contributed by atoms with van der Waals surface area (Å²) in [6.07, 6.45) is 0. The molecule has 0 amide bonds. The third-order valence-electron chi connectivity index (χ3n) is 19.7. The molecule has 0 unspecified atom stereocenters. The lowest BCUT2D eigenvalue weighted by molar-refractivity contribution is 0.669. The average molecular weight is 1190 g/mol. The van der Waals surface area contributed by atoms with E-state index >= 15 is 0 Å². The summed E-state index contributed by atoms with van der Waals surface area (Å²) in [6, 6.07) is 124. The predicted octanol–water partition coefficient (Wildman–Crippen LogP) is 26.3. The Morgan fingerprint density at radius 1 is 0.138 bits per heavy atom. The van der Waals surface area contributed by atoms with Crippen LogP contribution in [0.3, 0.4) is 0 Å². The highest BCUT2D eigenvalue weighted by Gasteiger charge is 2.26. The van der Waals surface area contributed by atoms with E-state index in [0.29, 0.717) is 0 Å². The Balaban J connectivity index is 0.753. The van der Waals surface area contributed by atoms with Gasteiger partial charge in [-0.2, -0.15) is 0 Å². The Labute approximate surface area is 543 Å². The molecule has 0 radical (unpaired) electrons. The van der Waals surface area contributed by atoms with Gasteiger partial charge in [0.05, 0.1) is 0 Å². The van der Waals surface area contributed by atoms with E-state index in [1.807, 2.05) is 6.07 Å². The van der Waals surface area contributed by atoms with Gasteiger partial charge in [0.2, 0.25) is 0 Å². The highest BCUT2D eigenvalue weighted by Crippen LogP contribution is 2.52. The molecule has 0 saturated carbocycles. The zero-order valence-corrected chi connectivity index (χ0v) is 51.1. The van der Waals surface area contributed by atoms with Gasteiger partial charge in [-0.05, 0) is 185 Å². The molecule has 0 aliphatic carbocycles. The maximum atomic E-state index is 7.06. The monoisotopic (exact) mass is 1190 g/mol. The second-order valence-electron chi connectivity index (χ2n) is 24.8. The predicted molar refractivity (Wildman–Crippen MR) is 397 cm³/mol. The van der Waals surface area contributed by atoms with Crippen LogP contribution in [0.5, 0.6) is 0 Å². The number of fused-ring (bicyclic) bond motifs is 11. The van der Waals surface area contributed by atoms with Gasteiger partial charge >= 0.3 is 0 Å². The number of furan rings is 2. The van der Waals surface area contributed by atoms with Crippen molar-refractivity contribution in [3.05, 3.63) is 340 Å².